The molecule has 0 nitrogen and oxygen atoms in total. The normalized spacial score (nSPS) is 8.89. The van der Waals surface area contributed by atoms with Gasteiger partial charge in [0.15, 0.2) is 0 Å². The van der Waals surface area contributed by atoms with Gasteiger partial charge in [0.2, 0.25) is 0 Å². The minimum Gasteiger partial charge on any atom is -0.105 e. The van der Waals surface area contributed by atoms with Crippen LogP contribution in [0.4, 0.5) is 0 Å². The van der Waals surface area contributed by atoms with Crippen molar-refractivity contribution in [2.45, 2.75) is 33.1 Å². The van der Waals surface area contributed by atoms with Gasteiger partial charge in [0, 0.05) is 0 Å². The van der Waals surface area contributed by atoms with Crippen molar-refractivity contribution in [3.05, 3.63) is 3.92 Å². The van der Waals surface area contributed by atoms with Gasteiger partial charge in [0.05, 0.1) is 0 Å². The Morgan fingerprint density at radius 3 is 2.67 bits per heavy atom. The first-order valence-electron chi connectivity index (χ1n) is 3.25. The van der Waals surface area contributed by atoms with Crippen LogP contribution in [0.15, 0.2) is 0 Å². The van der Waals surface area contributed by atoms with Crippen LogP contribution in [0.3, 0.4) is 0 Å². The molecule has 0 bridgehead atoms. The Labute approximate surface area is 71.6 Å². The van der Waals surface area contributed by atoms with E-state index in [0.29, 0.717) is 0 Å². The van der Waals surface area contributed by atoms with Crippen LogP contribution in [0.1, 0.15) is 33.1 Å². The van der Waals surface area contributed by atoms with E-state index in [1.807, 2.05) is 6.92 Å². The Balaban J connectivity index is 3.23. The summed E-state index contributed by atoms with van der Waals surface area (Å²) in [5.41, 5.74) is 0. The SMILES string of the molecule is CC#C[C](I)CCCC. The summed E-state index contributed by atoms with van der Waals surface area (Å²) in [5, 5.41) is 0. The van der Waals surface area contributed by atoms with E-state index in [1.165, 1.54) is 16.8 Å². The molecular formula is C8H12I. The summed E-state index contributed by atoms with van der Waals surface area (Å²) in [7, 11) is 0. The second-order valence-corrected chi connectivity index (χ2v) is 3.19. The monoisotopic (exact) mass is 235 g/mol. The van der Waals surface area contributed by atoms with Gasteiger partial charge in [-0.25, -0.2) is 0 Å². The van der Waals surface area contributed by atoms with E-state index in [2.05, 4.69) is 41.4 Å². The van der Waals surface area contributed by atoms with E-state index in [1.54, 1.807) is 0 Å². The summed E-state index contributed by atoms with van der Waals surface area (Å²) in [6.45, 7) is 4.08. The first-order valence-corrected chi connectivity index (χ1v) is 4.33. The molecule has 0 aliphatic rings. The third kappa shape index (κ3) is 6.17. The Morgan fingerprint density at radius 2 is 2.22 bits per heavy atom. The van der Waals surface area contributed by atoms with Gasteiger partial charge in [-0.15, -0.1) is 5.92 Å². The molecule has 0 aromatic carbocycles. The lowest BCUT2D eigenvalue weighted by molar-refractivity contribution is 0.794. The molecule has 0 rings (SSSR count). The molecule has 0 aliphatic heterocycles. The summed E-state index contributed by atoms with van der Waals surface area (Å²) in [5.74, 6) is 5.92. The zero-order chi connectivity index (χ0) is 7.11. The molecule has 0 fully saturated rings. The molecule has 0 atom stereocenters. The third-order valence-corrected chi connectivity index (χ3v) is 1.82. The highest BCUT2D eigenvalue weighted by molar-refractivity contribution is 14.1. The van der Waals surface area contributed by atoms with Crippen LogP contribution in [-0.2, 0) is 0 Å². The minimum absolute atomic E-state index is 1.16. The molecule has 0 aromatic heterocycles. The van der Waals surface area contributed by atoms with E-state index >= 15 is 0 Å². The fourth-order valence-electron chi connectivity index (χ4n) is 0.530. The van der Waals surface area contributed by atoms with Crippen LogP contribution in [0.25, 0.3) is 0 Å². The molecule has 0 saturated heterocycles. The highest BCUT2D eigenvalue weighted by Crippen LogP contribution is 2.16. The Hall–Kier alpha value is 0.290. The van der Waals surface area contributed by atoms with E-state index in [-0.39, 0.29) is 0 Å². The maximum absolute atomic E-state index is 3.03. The van der Waals surface area contributed by atoms with Gasteiger partial charge >= 0.3 is 0 Å². The van der Waals surface area contributed by atoms with Crippen molar-refractivity contribution in [1.82, 2.24) is 0 Å². The largest absolute Gasteiger partial charge is 0.108 e. The minimum atomic E-state index is 1.16. The zero-order valence-corrected chi connectivity index (χ0v) is 8.16. The van der Waals surface area contributed by atoms with Crippen LogP contribution in [-0.4, -0.2) is 0 Å². The Kier molecular flexibility index (Phi) is 6.62. The molecule has 0 aliphatic carbocycles. The van der Waals surface area contributed by atoms with E-state index < -0.39 is 0 Å². The smallest absolute Gasteiger partial charge is 0.105 e. The first kappa shape index (κ1) is 9.29. The number of hydrogen-bond acceptors (Lipinski definition) is 0. The zero-order valence-electron chi connectivity index (χ0n) is 6.00. The Bertz CT molecular complexity index is 107. The van der Waals surface area contributed by atoms with Gasteiger partial charge < -0.3 is 0 Å². The lowest BCUT2D eigenvalue weighted by Crippen LogP contribution is -1.80. The van der Waals surface area contributed by atoms with Crippen molar-refractivity contribution >= 4 is 22.6 Å². The van der Waals surface area contributed by atoms with Gasteiger partial charge in [-0.05, 0) is 13.3 Å². The van der Waals surface area contributed by atoms with E-state index in [4.69, 9.17) is 0 Å². The molecule has 0 spiro atoms. The molecule has 0 aromatic rings. The fourth-order valence-corrected chi connectivity index (χ4v) is 1.18. The van der Waals surface area contributed by atoms with Gasteiger partial charge in [-0.1, -0.05) is 48.3 Å². The molecule has 0 N–H and O–H groups in total. The molecule has 51 valence electrons. The maximum atomic E-state index is 3.03. The molecular weight excluding hydrogens is 223 g/mol. The number of hydrogen-bond donors (Lipinski definition) is 0. The predicted octanol–water partition coefficient (Wildman–Crippen LogP) is 3.17. The second-order valence-electron chi connectivity index (χ2n) is 1.88. The maximum Gasteiger partial charge on any atom is 0.108 e. The number of rotatable bonds is 3. The molecule has 0 unspecified atom stereocenters. The van der Waals surface area contributed by atoms with Gasteiger partial charge in [-0.3, -0.25) is 0 Å². The van der Waals surface area contributed by atoms with Crippen LogP contribution < -0.4 is 0 Å². The molecule has 0 amide bonds. The van der Waals surface area contributed by atoms with Gasteiger partial charge in [0.25, 0.3) is 0 Å². The van der Waals surface area contributed by atoms with Gasteiger partial charge in [0.1, 0.15) is 3.92 Å². The highest BCUT2D eigenvalue weighted by Gasteiger charge is 1.96. The van der Waals surface area contributed by atoms with Crippen LogP contribution in [0.5, 0.6) is 0 Å². The van der Waals surface area contributed by atoms with Crippen LogP contribution in [0.2, 0.25) is 0 Å². The second kappa shape index (κ2) is 6.41. The molecule has 1 heteroatoms. The lowest BCUT2D eigenvalue weighted by atomic mass is 10.2. The average Bonchev–Trinajstić information content (AvgIpc) is 1.85. The molecule has 9 heavy (non-hydrogen) atoms. The predicted molar refractivity (Wildman–Crippen MR) is 50.2 cm³/mol. The first-order chi connectivity index (χ1) is 4.31. The summed E-state index contributed by atoms with van der Waals surface area (Å²) in [6.07, 6.45) is 3.70. The summed E-state index contributed by atoms with van der Waals surface area (Å²) >= 11 is 2.31. The number of unbranched alkanes of at least 4 members (excludes halogenated alkanes) is 1. The van der Waals surface area contributed by atoms with Crippen molar-refractivity contribution < 1.29 is 0 Å². The van der Waals surface area contributed by atoms with Crippen LogP contribution in [0, 0.1) is 15.8 Å². The number of halogens is 1. The van der Waals surface area contributed by atoms with Crippen molar-refractivity contribution in [3.8, 4) is 11.8 Å². The molecule has 0 heterocycles. The summed E-state index contributed by atoms with van der Waals surface area (Å²) in [4.78, 5) is 0. The average molecular weight is 235 g/mol. The standard InChI is InChI=1S/C8H12I/c1-3-5-7-8(9)6-4-2/h3,5,7H2,1-2H3. The van der Waals surface area contributed by atoms with E-state index in [0.717, 1.165) is 6.42 Å². The van der Waals surface area contributed by atoms with Gasteiger partial charge in [-0.2, -0.15) is 0 Å². The quantitative estimate of drug-likeness (QED) is 0.520. The fraction of sp³-hybridized carbons (Fsp3) is 0.625. The topological polar surface area (TPSA) is 0 Å². The third-order valence-electron chi connectivity index (χ3n) is 1.01. The van der Waals surface area contributed by atoms with E-state index in [9.17, 15) is 0 Å². The van der Waals surface area contributed by atoms with Crippen molar-refractivity contribution in [2.75, 3.05) is 0 Å². The lowest BCUT2D eigenvalue weighted by Gasteiger charge is -1.96. The highest BCUT2D eigenvalue weighted by atomic mass is 127. The van der Waals surface area contributed by atoms with Crippen molar-refractivity contribution in [1.29, 1.82) is 0 Å². The van der Waals surface area contributed by atoms with Crippen molar-refractivity contribution in [3.63, 3.8) is 0 Å². The molecule has 1 radical (unpaired) electrons. The van der Waals surface area contributed by atoms with Crippen molar-refractivity contribution in [2.24, 2.45) is 0 Å². The summed E-state index contributed by atoms with van der Waals surface area (Å²) in [6, 6.07) is 0. The van der Waals surface area contributed by atoms with Crippen LogP contribution >= 0.6 is 22.6 Å². The Morgan fingerprint density at radius 1 is 1.56 bits per heavy atom. The molecule has 0 saturated carbocycles. The summed E-state index contributed by atoms with van der Waals surface area (Å²) < 4.78 is 1.29.